The highest BCUT2D eigenvalue weighted by Crippen LogP contribution is 2.14. The summed E-state index contributed by atoms with van der Waals surface area (Å²) in [6, 6.07) is 7.81. The topological polar surface area (TPSA) is 58.1 Å². The second-order valence-electron chi connectivity index (χ2n) is 3.49. The first-order valence-electron chi connectivity index (χ1n) is 5.31. The number of rotatable bonds is 5. The Balaban J connectivity index is 2.01. The van der Waals surface area contributed by atoms with E-state index in [-0.39, 0.29) is 0 Å². The van der Waals surface area contributed by atoms with Gasteiger partial charge in [0.05, 0.1) is 11.0 Å². The largest absolute Gasteiger partial charge is 0.322 e. The summed E-state index contributed by atoms with van der Waals surface area (Å²) in [6.45, 7) is 0. The second kappa shape index (κ2) is 5.21. The number of nitrogens with zero attached hydrogens (tertiary/aromatic N) is 2. The summed E-state index contributed by atoms with van der Waals surface area (Å²) in [6.07, 6.45) is 4.95. The highest BCUT2D eigenvalue weighted by Gasteiger charge is 1.98. The molecular formula is C12H13N3O. The number of nitrogens with one attached hydrogen (secondary N) is 1. The predicted octanol–water partition coefficient (Wildman–Crippen LogP) is 2.63. The number of para-hydroxylation sites is 2. The van der Waals surface area contributed by atoms with Gasteiger partial charge in [-0.1, -0.05) is 12.1 Å². The molecule has 0 atom stereocenters. The van der Waals surface area contributed by atoms with Gasteiger partial charge in [0.1, 0.15) is 6.29 Å². The van der Waals surface area contributed by atoms with Gasteiger partial charge in [0, 0.05) is 12.6 Å². The van der Waals surface area contributed by atoms with Crippen LogP contribution in [0.3, 0.4) is 0 Å². The fourth-order valence-electron chi connectivity index (χ4n) is 1.44. The van der Waals surface area contributed by atoms with Gasteiger partial charge < -0.3 is 9.78 Å². The fraction of sp³-hybridized carbons (Fsp3) is 0.250. The number of aromatic amines is 1. The van der Waals surface area contributed by atoms with E-state index in [0.29, 0.717) is 12.4 Å². The molecule has 2 rings (SSSR count). The lowest BCUT2D eigenvalue weighted by atomic mass is 10.3. The van der Waals surface area contributed by atoms with Crippen molar-refractivity contribution in [3.8, 4) is 0 Å². The minimum Gasteiger partial charge on any atom is -0.322 e. The lowest BCUT2D eigenvalue weighted by Crippen LogP contribution is -1.79. The van der Waals surface area contributed by atoms with Crippen molar-refractivity contribution < 1.29 is 4.79 Å². The molecule has 16 heavy (non-hydrogen) atoms. The Morgan fingerprint density at radius 1 is 1.31 bits per heavy atom. The van der Waals surface area contributed by atoms with Gasteiger partial charge in [-0.15, -0.1) is 0 Å². The van der Waals surface area contributed by atoms with Crippen LogP contribution in [0.2, 0.25) is 0 Å². The molecule has 0 amide bonds. The van der Waals surface area contributed by atoms with E-state index in [9.17, 15) is 4.79 Å². The van der Waals surface area contributed by atoms with Crippen LogP contribution >= 0.6 is 0 Å². The summed E-state index contributed by atoms with van der Waals surface area (Å²) in [7, 11) is 0. The maximum absolute atomic E-state index is 10.1. The average Bonchev–Trinajstić information content (AvgIpc) is 2.71. The van der Waals surface area contributed by atoms with Gasteiger partial charge in [-0.25, -0.2) is 9.98 Å². The zero-order valence-corrected chi connectivity index (χ0v) is 8.89. The van der Waals surface area contributed by atoms with Gasteiger partial charge in [-0.05, 0) is 25.0 Å². The molecule has 0 spiro atoms. The molecule has 1 aromatic carbocycles. The van der Waals surface area contributed by atoms with Crippen molar-refractivity contribution in [2.24, 2.45) is 4.99 Å². The molecule has 1 N–H and O–H groups in total. The van der Waals surface area contributed by atoms with Crippen LogP contribution in [0.15, 0.2) is 29.3 Å². The van der Waals surface area contributed by atoms with E-state index >= 15 is 0 Å². The standard InChI is InChI=1S/C12H13N3O/c16-9-5-1-4-8-13-12-14-10-6-2-3-7-11(10)15-12/h2-3,6-9H,1,4-5H2,(H,14,15)/b13-8+. The van der Waals surface area contributed by atoms with Crippen molar-refractivity contribution in [3.63, 3.8) is 0 Å². The Kier molecular flexibility index (Phi) is 3.43. The van der Waals surface area contributed by atoms with Gasteiger partial charge in [0.15, 0.2) is 0 Å². The third kappa shape index (κ3) is 2.53. The molecule has 0 bridgehead atoms. The van der Waals surface area contributed by atoms with E-state index in [2.05, 4.69) is 15.0 Å². The van der Waals surface area contributed by atoms with Crippen molar-refractivity contribution in [2.75, 3.05) is 0 Å². The van der Waals surface area contributed by atoms with E-state index in [1.165, 1.54) is 0 Å². The van der Waals surface area contributed by atoms with Crippen LogP contribution in [-0.4, -0.2) is 22.5 Å². The maximum atomic E-state index is 10.1. The predicted molar refractivity (Wildman–Crippen MR) is 64.2 cm³/mol. The molecule has 82 valence electrons. The molecule has 4 nitrogen and oxygen atoms in total. The molecule has 4 heteroatoms. The Bertz CT molecular complexity index is 469. The zero-order chi connectivity index (χ0) is 11.2. The minimum absolute atomic E-state index is 0.589. The van der Waals surface area contributed by atoms with Crippen molar-refractivity contribution in [1.82, 2.24) is 9.97 Å². The number of fused-ring (bicyclic) bond motifs is 1. The molecule has 0 aliphatic carbocycles. The molecule has 0 saturated carbocycles. The highest BCUT2D eigenvalue weighted by atomic mass is 16.1. The number of unbranched alkanes of at least 4 members (excludes halogenated alkanes) is 2. The van der Waals surface area contributed by atoms with Crippen molar-refractivity contribution in [1.29, 1.82) is 0 Å². The van der Waals surface area contributed by atoms with Crippen LogP contribution in [0.1, 0.15) is 19.3 Å². The monoisotopic (exact) mass is 215 g/mol. The normalized spacial score (nSPS) is 11.2. The molecule has 2 aromatic rings. The summed E-state index contributed by atoms with van der Waals surface area (Å²) < 4.78 is 0. The van der Waals surface area contributed by atoms with Gasteiger partial charge in [-0.2, -0.15) is 0 Å². The maximum Gasteiger partial charge on any atom is 0.227 e. The highest BCUT2D eigenvalue weighted by molar-refractivity contribution is 5.77. The third-order valence-corrected chi connectivity index (χ3v) is 2.25. The number of H-pyrrole nitrogens is 1. The number of imidazole rings is 1. The summed E-state index contributed by atoms with van der Waals surface area (Å²) in [5.41, 5.74) is 1.91. The van der Waals surface area contributed by atoms with Gasteiger partial charge in [-0.3, -0.25) is 0 Å². The van der Waals surface area contributed by atoms with Crippen LogP contribution in [-0.2, 0) is 4.79 Å². The quantitative estimate of drug-likeness (QED) is 0.473. The average molecular weight is 215 g/mol. The lowest BCUT2D eigenvalue weighted by Gasteiger charge is -1.86. The van der Waals surface area contributed by atoms with E-state index in [4.69, 9.17) is 0 Å². The third-order valence-electron chi connectivity index (χ3n) is 2.25. The summed E-state index contributed by atoms with van der Waals surface area (Å²) >= 11 is 0. The molecule has 1 aromatic heterocycles. The Morgan fingerprint density at radius 2 is 2.19 bits per heavy atom. The molecular weight excluding hydrogens is 202 g/mol. The number of benzene rings is 1. The molecule has 0 aliphatic rings. The number of aliphatic imine (C=N–C) groups is 1. The van der Waals surface area contributed by atoms with Gasteiger partial charge >= 0.3 is 0 Å². The number of carbonyl (C=O) groups is 1. The number of aromatic nitrogens is 2. The first kappa shape index (κ1) is 10.5. The first-order chi connectivity index (χ1) is 7.90. The molecule has 0 aliphatic heterocycles. The summed E-state index contributed by atoms with van der Waals surface area (Å²) in [5, 5.41) is 0. The minimum atomic E-state index is 0.589. The van der Waals surface area contributed by atoms with Crippen LogP contribution in [0.4, 0.5) is 5.95 Å². The number of carbonyl (C=O) groups excluding carboxylic acids is 1. The molecule has 0 unspecified atom stereocenters. The van der Waals surface area contributed by atoms with E-state index in [1.54, 1.807) is 6.21 Å². The lowest BCUT2D eigenvalue weighted by molar-refractivity contribution is -0.107. The SMILES string of the molecule is O=CCCC/C=N/c1nc2ccccc2[nH]1. The van der Waals surface area contributed by atoms with Crippen LogP contribution in [0.5, 0.6) is 0 Å². The van der Waals surface area contributed by atoms with E-state index < -0.39 is 0 Å². The van der Waals surface area contributed by atoms with E-state index in [1.807, 2.05) is 24.3 Å². The Labute approximate surface area is 93.4 Å². The van der Waals surface area contributed by atoms with Gasteiger partial charge in [0.25, 0.3) is 0 Å². The summed E-state index contributed by atoms with van der Waals surface area (Å²) in [5.74, 6) is 0.618. The fourth-order valence-corrected chi connectivity index (χ4v) is 1.44. The Hall–Kier alpha value is -1.97. The number of aldehydes is 1. The van der Waals surface area contributed by atoms with Crippen molar-refractivity contribution in [2.45, 2.75) is 19.3 Å². The van der Waals surface area contributed by atoms with Crippen molar-refractivity contribution in [3.05, 3.63) is 24.3 Å². The second-order valence-corrected chi connectivity index (χ2v) is 3.49. The van der Waals surface area contributed by atoms with E-state index in [0.717, 1.165) is 30.2 Å². The number of hydrogen-bond donors (Lipinski definition) is 1. The Morgan fingerprint density at radius 3 is 3.00 bits per heavy atom. The number of hydrogen-bond acceptors (Lipinski definition) is 3. The molecule has 1 heterocycles. The smallest absolute Gasteiger partial charge is 0.227 e. The van der Waals surface area contributed by atoms with Crippen LogP contribution in [0.25, 0.3) is 11.0 Å². The molecule has 0 fully saturated rings. The summed E-state index contributed by atoms with van der Waals surface area (Å²) in [4.78, 5) is 21.7. The van der Waals surface area contributed by atoms with Gasteiger partial charge in [0.2, 0.25) is 5.95 Å². The van der Waals surface area contributed by atoms with Crippen LogP contribution < -0.4 is 0 Å². The zero-order valence-electron chi connectivity index (χ0n) is 8.89. The van der Waals surface area contributed by atoms with Crippen molar-refractivity contribution >= 4 is 29.5 Å². The first-order valence-corrected chi connectivity index (χ1v) is 5.31. The molecule has 0 saturated heterocycles. The molecule has 0 radical (unpaired) electrons. The van der Waals surface area contributed by atoms with Crippen LogP contribution in [0, 0.1) is 0 Å².